The average molecular weight is 292 g/mol. The fraction of sp³-hybridized carbons (Fsp3) is 0.714. The molecule has 0 spiro atoms. The quantitative estimate of drug-likeness (QED) is 0.859. The summed E-state index contributed by atoms with van der Waals surface area (Å²) in [4.78, 5) is 23.2. The van der Waals surface area contributed by atoms with Gasteiger partial charge in [0.1, 0.15) is 5.82 Å². The van der Waals surface area contributed by atoms with E-state index in [4.69, 9.17) is 5.11 Å². The smallest absolute Gasteiger partial charge is 0.306 e. The van der Waals surface area contributed by atoms with Crippen LogP contribution in [-0.4, -0.2) is 31.7 Å². The van der Waals surface area contributed by atoms with Crippen LogP contribution in [0, 0.1) is 11.8 Å². The molecule has 1 aliphatic carbocycles. The highest BCUT2D eigenvalue weighted by Gasteiger charge is 2.34. The first-order chi connectivity index (χ1) is 10.1. The normalized spacial score (nSPS) is 25.6. The summed E-state index contributed by atoms with van der Waals surface area (Å²) < 4.78 is 2.07. The standard InChI is InChI=1S/C14H20N4O3/c1-8(12-17-16-11-3-2-6-18(11)12)15-13(19)9-4-5-10(7-9)14(20)21/h8-10H,2-7H2,1H3,(H,15,19)(H,20,21)/t8?,9-,10+/m1/s1. The summed E-state index contributed by atoms with van der Waals surface area (Å²) in [5.41, 5.74) is 0. The van der Waals surface area contributed by atoms with Gasteiger partial charge in [-0.15, -0.1) is 10.2 Å². The first-order valence-corrected chi connectivity index (χ1v) is 7.51. The third-order valence-corrected chi connectivity index (χ3v) is 4.54. The van der Waals surface area contributed by atoms with E-state index < -0.39 is 5.97 Å². The number of hydrogen-bond donors (Lipinski definition) is 2. The molecule has 2 N–H and O–H groups in total. The van der Waals surface area contributed by atoms with Crippen LogP contribution in [0.1, 0.15) is 50.3 Å². The first-order valence-electron chi connectivity index (χ1n) is 7.51. The molecule has 114 valence electrons. The van der Waals surface area contributed by atoms with Gasteiger partial charge in [-0.25, -0.2) is 0 Å². The second-order valence-corrected chi connectivity index (χ2v) is 6.01. The summed E-state index contributed by atoms with van der Waals surface area (Å²) in [6.07, 6.45) is 3.68. The van der Waals surface area contributed by atoms with Gasteiger partial charge in [-0.3, -0.25) is 9.59 Å². The minimum Gasteiger partial charge on any atom is -0.481 e. The molecule has 2 heterocycles. The summed E-state index contributed by atoms with van der Waals surface area (Å²) in [5.74, 6) is 0.333. The Hall–Kier alpha value is -1.92. The second-order valence-electron chi connectivity index (χ2n) is 6.01. The van der Waals surface area contributed by atoms with Crippen LogP contribution >= 0.6 is 0 Å². The number of carboxylic acids is 1. The van der Waals surface area contributed by atoms with Gasteiger partial charge in [0.25, 0.3) is 0 Å². The van der Waals surface area contributed by atoms with Gasteiger partial charge in [-0.05, 0) is 32.6 Å². The zero-order chi connectivity index (χ0) is 15.0. The number of nitrogens with zero attached hydrogens (tertiary/aromatic N) is 3. The van der Waals surface area contributed by atoms with E-state index in [1.165, 1.54) is 0 Å². The van der Waals surface area contributed by atoms with E-state index in [0.717, 1.165) is 31.0 Å². The molecule has 0 radical (unpaired) electrons. The Kier molecular flexibility index (Phi) is 3.65. The number of hydrogen-bond acceptors (Lipinski definition) is 4. The van der Waals surface area contributed by atoms with Crippen molar-refractivity contribution >= 4 is 11.9 Å². The maximum atomic E-state index is 12.3. The molecule has 2 aliphatic rings. The topological polar surface area (TPSA) is 97.1 Å². The zero-order valence-corrected chi connectivity index (χ0v) is 12.1. The lowest BCUT2D eigenvalue weighted by molar-refractivity contribution is -0.141. The summed E-state index contributed by atoms with van der Waals surface area (Å²) in [5, 5.41) is 20.3. The van der Waals surface area contributed by atoms with Gasteiger partial charge < -0.3 is 15.0 Å². The molecule has 0 aromatic carbocycles. The molecule has 0 bridgehead atoms. The van der Waals surface area contributed by atoms with Crippen molar-refractivity contribution in [1.29, 1.82) is 0 Å². The van der Waals surface area contributed by atoms with E-state index in [1.807, 2.05) is 6.92 Å². The van der Waals surface area contributed by atoms with Crippen molar-refractivity contribution in [1.82, 2.24) is 20.1 Å². The molecule has 1 aliphatic heterocycles. The predicted octanol–water partition coefficient (Wildman–Crippen LogP) is 0.902. The number of carbonyl (C=O) groups is 2. The molecule has 0 saturated heterocycles. The van der Waals surface area contributed by atoms with Crippen molar-refractivity contribution in [2.75, 3.05) is 0 Å². The van der Waals surface area contributed by atoms with Gasteiger partial charge in [0, 0.05) is 18.9 Å². The fourth-order valence-electron chi connectivity index (χ4n) is 3.33. The molecule has 3 rings (SSSR count). The van der Waals surface area contributed by atoms with Crippen molar-refractivity contribution in [2.24, 2.45) is 11.8 Å². The Morgan fingerprint density at radius 3 is 2.81 bits per heavy atom. The van der Waals surface area contributed by atoms with Crippen LogP contribution in [0.15, 0.2) is 0 Å². The van der Waals surface area contributed by atoms with Crippen LogP contribution in [0.4, 0.5) is 0 Å². The molecule has 1 aromatic rings. The van der Waals surface area contributed by atoms with Crippen molar-refractivity contribution < 1.29 is 14.7 Å². The van der Waals surface area contributed by atoms with Gasteiger partial charge in [-0.2, -0.15) is 0 Å². The van der Waals surface area contributed by atoms with E-state index in [0.29, 0.717) is 19.3 Å². The van der Waals surface area contributed by atoms with Gasteiger partial charge in [0.15, 0.2) is 5.82 Å². The van der Waals surface area contributed by atoms with Crippen molar-refractivity contribution in [2.45, 2.75) is 51.6 Å². The largest absolute Gasteiger partial charge is 0.481 e. The van der Waals surface area contributed by atoms with Crippen molar-refractivity contribution in [3.63, 3.8) is 0 Å². The molecule has 1 unspecified atom stereocenters. The Balaban J connectivity index is 1.61. The van der Waals surface area contributed by atoms with Crippen LogP contribution in [0.3, 0.4) is 0 Å². The second kappa shape index (κ2) is 5.46. The number of rotatable bonds is 4. The minimum atomic E-state index is -0.798. The molecule has 1 fully saturated rings. The third-order valence-electron chi connectivity index (χ3n) is 4.54. The van der Waals surface area contributed by atoms with Crippen LogP contribution in [0.25, 0.3) is 0 Å². The van der Waals surface area contributed by atoms with Crippen LogP contribution < -0.4 is 5.32 Å². The summed E-state index contributed by atoms with van der Waals surface area (Å²) in [7, 11) is 0. The highest BCUT2D eigenvalue weighted by Crippen LogP contribution is 2.31. The Bertz CT molecular complexity index is 569. The number of carbonyl (C=O) groups excluding carboxylic acids is 1. The number of aromatic nitrogens is 3. The van der Waals surface area contributed by atoms with E-state index in [9.17, 15) is 9.59 Å². The van der Waals surface area contributed by atoms with E-state index in [1.54, 1.807) is 0 Å². The summed E-state index contributed by atoms with van der Waals surface area (Å²) in [6.45, 7) is 2.81. The highest BCUT2D eigenvalue weighted by atomic mass is 16.4. The SMILES string of the molecule is CC(NC(=O)[C@@H]1CC[C@H](C(=O)O)C1)c1nnc2n1CCC2. The number of aryl methyl sites for hydroxylation is 1. The van der Waals surface area contributed by atoms with Gasteiger partial charge >= 0.3 is 5.97 Å². The average Bonchev–Trinajstić information content (AvgIpc) is 3.14. The maximum absolute atomic E-state index is 12.3. The fourth-order valence-corrected chi connectivity index (χ4v) is 3.33. The molecule has 1 amide bonds. The van der Waals surface area contributed by atoms with Crippen molar-refractivity contribution in [3.8, 4) is 0 Å². The van der Waals surface area contributed by atoms with Gasteiger partial charge in [0.2, 0.25) is 5.91 Å². The molecular formula is C14H20N4O3. The first kappa shape index (κ1) is 14.0. The Morgan fingerprint density at radius 2 is 2.10 bits per heavy atom. The van der Waals surface area contributed by atoms with E-state index >= 15 is 0 Å². The summed E-state index contributed by atoms with van der Waals surface area (Å²) >= 11 is 0. The van der Waals surface area contributed by atoms with Gasteiger partial charge in [-0.1, -0.05) is 0 Å². The molecule has 1 aromatic heterocycles. The highest BCUT2D eigenvalue weighted by molar-refractivity contribution is 5.81. The van der Waals surface area contributed by atoms with E-state index in [-0.39, 0.29) is 23.8 Å². The third kappa shape index (κ3) is 2.64. The summed E-state index contributed by atoms with van der Waals surface area (Å²) in [6, 6.07) is -0.194. The molecule has 7 heteroatoms. The van der Waals surface area contributed by atoms with Crippen molar-refractivity contribution in [3.05, 3.63) is 11.6 Å². The number of amides is 1. The number of aliphatic carboxylic acids is 1. The molecule has 21 heavy (non-hydrogen) atoms. The van der Waals surface area contributed by atoms with Crippen LogP contribution in [0.5, 0.6) is 0 Å². The monoisotopic (exact) mass is 292 g/mol. The lowest BCUT2D eigenvalue weighted by Gasteiger charge is -2.17. The molecule has 7 nitrogen and oxygen atoms in total. The minimum absolute atomic E-state index is 0.0680. The number of nitrogens with one attached hydrogen (secondary N) is 1. The van der Waals surface area contributed by atoms with Crippen LogP contribution in [-0.2, 0) is 22.6 Å². The van der Waals surface area contributed by atoms with Gasteiger partial charge in [0.05, 0.1) is 12.0 Å². The molecule has 3 atom stereocenters. The predicted molar refractivity (Wildman–Crippen MR) is 73.4 cm³/mol. The maximum Gasteiger partial charge on any atom is 0.306 e. The lowest BCUT2D eigenvalue weighted by Crippen LogP contribution is -2.33. The number of fused-ring (bicyclic) bond motifs is 1. The Morgan fingerprint density at radius 1 is 1.33 bits per heavy atom. The lowest BCUT2D eigenvalue weighted by atomic mass is 10.0. The molecular weight excluding hydrogens is 272 g/mol. The van der Waals surface area contributed by atoms with E-state index in [2.05, 4.69) is 20.1 Å². The molecule has 1 saturated carbocycles. The zero-order valence-electron chi connectivity index (χ0n) is 12.1. The Labute approximate surface area is 122 Å². The van der Waals surface area contributed by atoms with Crippen LogP contribution in [0.2, 0.25) is 0 Å². The number of carboxylic acid groups (broad SMARTS) is 1.